The van der Waals surface area contributed by atoms with Gasteiger partial charge in [-0.25, -0.2) is 14.6 Å². The van der Waals surface area contributed by atoms with Crippen molar-refractivity contribution in [1.82, 2.24) is 25.0 Å². The Balaban J connectivity index is 0.000000645. The van der Waals surface area contributed by atoms with Gasteiger partial charge in [0.2, 0.25) is 5.91 Å². The van der Waals surface area contributed by atoms with Gasteiger partial charge in [-0.15, -0.1) is 11.3 Å². The van der Waals surface area contributed by atoms with E-state index >= 15 is 0 Å². The monoisotopic (exact) mass is 1020 g/mol. The summed E-state index contributed by atoms with van der Waals surface area (Å²) in [6, 6.07) is 9.50. The van der Waals surface area contributed by atoms with Gasteiger partial charge in [-0.2, -0.15) is 26.3 Å². The number of carbonyl (C=O) groups is 5. The number of phenols is 1. The number of ether oxygens (including phenoxy) is 3. The minimum absolute atomic E-state index is 0.00120. The van der Waals surface area contributed by atoms with Crippen LogP contribution in [0, 0.1) is 0 Å². The zero-order valence-corrected chi connectivity index (χ0v) is 39.4. The Morgan fingerprint density at radius 1 is 0.957 bits per heavy atom. The number of likely N-dealkylation sites (tertiary alicyclic amines) is 1. The van der Waals surface area contributed by atoms with Gasteiger partial charge in [-0.1, -0.05) is 42.8 Å². The number of nitrogens with zero attached hydrogens (tertiary/aromatic N) is 4. The van der Waals surface area contributed by atoms with Crippen LogP contribution in [0.4, 0.5) is 32.0 Å². The van der Waals surface area contributed by atoms with Crippen molar-refractivity contribution in [2.75, 3.05) is 84.1 Å². The van der Waals surface area contributed by atoms with E-state index in [1.165, 1.54) is 0 Å². The van der Waals surface area contributed by atoms with E-state index in [1.807, 2.05) is 34.2 Å². The van der Waals surface area contributed by atoms with Crippen LogP contribution in [0.3, 0.4) is 0 Å². The number of hydrogen-bond donors (Lipinski definition) is 5. The number of thiazole rings is 1. The third-order valence-corrected chi connectivity index (χ3v) is 12.6. The van der Waals surface area contributed by atoms with Crippen molar-refractivity contribution >= 4 is 58.3 Å². The van der Waals surface area contributed by atoms with Crippen LogP contribution in [-0.2, 0) is 54.5 Å². The molecular formula is C44H55ClF6N6O11S. The summed E-state index contributed by atoms with van der Waals surface area (Å²) in [5.41, 5.74) is 3.54. The first-order valence-electron chi connectivity index (χ1n) is 21.9. The number of morpholine rings is 1. The fraction of sp³-hybridized carbons (Fsp3) is 0.545. The molecule has 3 aliphatic rings. The zero-order valence-electron chi connectivity index (χ0n) is 37.8. The van der Waals surface area contributed by atoms with Gasteiger partial charge in [0.15, 0.2) is 12.4 Å². The van der Waals surface area contributed by atoms with Crippen LogP contribution in [0.15, 0.2) is 35.7 Å². The highest BCUT2D eigenvalue weighted by Crippen LogP contribution is 2.39. The lowest BCUT2D eigenvalue weighted by Crippen LogP contribution is -2.58. The summed E-state index contributed by atoms with van der Waals surface area (Å²) < 4.78 is 81.2. The molecule has 17 nitrogen and oxygen atoms in total. The van der Waals surface area contributed by atoms with Crippen LogP contribution in [0.2, 0.25) is 5.02 Å². The maximum Gasteiger partial charge on any atom is 0.490 e. The number of aromatic hydroxyl groups is 1. The van der Waals surface area contributed by atoms with Gasteiger partial charge in [0.25, 0.3) is 11.8 Å². The minimum atomic E-state index is -5.08. The van der Waals surface area contributed by atoms with Gasteiger partial charge in [0.05, 0.1) is 43.4 Å². The number of piperidine rings is 1. The number of aliphatic carboxylic acids is 2. The van der Waals surface area contributed by atoms with E-state index in [4.69, 9.17) is 45.6 Å². The van der Waals surface area contributed by atoms with Gasteiger partial charge >= 0.3 is 24.3 Å². The molecule has 25 heteroatoms. The van der Waals surface area contributed by atoms with Gasteiger partial charge < -0.3 is 50.0 Å². The molecule has 2 aromatic carbocycles. The first-order valence-corrected chi connectivity index (χ1v) is 23.1. The lowest BCUT2D eigenvalue weighted by Gasteiger charge is -2.47. The normalized spacial score (nSPS) is 15.7. The molecule has 0 bridgehead atoms. The molecule has 1 spiro atoms. The first-order chi connectivity index (χ1) is 32.6. The molecule has 69 heavy (non-hydrogen) atoms. The highest BCUT2D eigenvalue weighted by Gasteiger charge is 2.42. The number of carboxylic acid groups (broad SMARTS) is 2. The maximum atomic E-state index is 13.2. The number of hydrogen-bond acceptors (Lipinski definition) is 13. The molecule has 3 aromatic rings. The number of rotatable bonds is 17. The third-order valence-electron chi connectivity index (χ3n) is 11.1. The van der Waals surface area contributed by atoms with E-state index in [0.717, 1.165) is 65.6 Å². The van der Waals surface area contributed by atoms with E-state index in [1.54, 1.807) is 23.5 Å². The second kappa shape index (κ2) is 26.1. The average molecular weight is 1030 g/mol. The number of aromatic nitrogens is 1. The molecule has 6 rings (SSSR count). The summed E-state index contributed by atoms with van der Waals surface area (Å²) in [5, 5.41) is 34.0. The molecule has 0 saturated carbocycles. The number of benzene rings is 2. The Morgan fingerprint density at radius 2 is 1.62 bits per heavy atom. The van der Waals surface area contributed by atoms with Crippen LogP contribution in [0.1, 0.15) is 65.3 Å². The molecule has 3 amide bonds. The van der Waals surface area contributed by atoms with E-state index in [9.17, 15) is 45.8 Å². The number of fused-ring (bicyclic) bond motifs is 1. The van der Waals surface area contributed by atoms with Gasteiger partial charge in [0, 0.05) is 56.2 Å². The summed E-state index contributed by atoms with van der Waals surface area (Å²) in [6.45, 7) is 11.4. The number of alkyl halides is 6. The van der Waals surface area contributed by atoms with Crippen LogP contribution in [0.25, 0.3) is 0 Å². The van der Waals surface area contributed by atoms with E-state index in [-0.39, 0.29) is 35.7 Å². The second-order valence-corrected chi connectivity index (χ2v) is 17.2. The zero-order chi connectivity index (χ0) is 50.9. The molecule has 382 valence electrons. The van der Waals surface area contributed by atoms with Crippen LogP contribution in [0.5, 0.6) is 11.5 Å². The SMILES string of the molecule is CCc1nc(C(=O)N2CCOC3(CCN(Cc4cccc(CCOCCC(=O)N(CC)CCNCCc5ccc(O)c6c5OCC(=O)N6)c4Cl)CC3)C2)cs1.O=C(O)C(F)(F)F.O=C(O)C(F)(F)F. The molecule has 0 atom stereocenters. The first kappa shape index (κ1) is 56.3. The average Bonchev–Trinajstić information content (AvgIpc) is 3.79. The molecule has 0 radical (unpaired) electrons. The van der Waals surface area contributed by atoms with E-state index in [2.05, 4.69) is 33.5 Å². The molecule has 0 unspecified atom stereocenters. The van der Waals surface area contributed by atoms with Crippen molar-refractivity contribution in [1.29, 1.82) is 0 Å². The molecule has 2 fully saturated rings. The smallest absolute Gasteiger partial charge is 0.490 e. The number of likely N-dealkylation sites (N-methyl/N-ethyl adjacent to an activating group) is 1. The van der Waals surface area contributed by atoms with Crippen LogP contribution >= 0.6 is 22.9 Å². The summed E-state index contributed by atoms with van der Waals surface area (Å²) >= 11 is 8.46. The number of anilines is 1. The Hall–Kier alpha value is -5.27. The predicted molar refractivity (Wildman–Crippen MR) is 240 cm³/mol. The third kappa shape index (κ3) is 17.3. The summed E-state index contributed by atoms with van der Waals surface area (Å²) in [4.78, 5) is 66.2. The fourth-order valence-corrected chi connectivity index (χ4v) is 8.40. The number of carboxylic acids is 2. The molecule has 5 N–H and O–H groups in total. The Bertz CT molecular complexity index is 2200. The topological polar surface area (TPSA) is 220 Å². The van der Waals surface area contributed by atoms with Crippen molar-refractivity contribution < 1.29 is 79.8 Å². The lowest BCUT2D eigenvalue weighted by molar-refractivity contribution is -0.193. The highest BCUT2D eigenvalue weighted by atomic mass is 35.5. The molecule has 0 aliphatic carbocycles. The molecule has 3 aliphatic heterocycles. The molecule has 4 heterocycles. The standard InChI is InChI=1S/C40H53ClN6O7S.2C2HF3O2/c1-3-34-43-31(26-55-34)39(51)47-20-23-54-40(27-47)13-17-45(18-14-40)24-30-7-5-6-28(36(30)41)11-21-52-22-12-35(50)46(4-2)19-16-42-15-10-29-8-9-32(48)37-38(29)53-25-33(49)44-37;2*3-2(4,5)1(6)7/h5-9,26,42,48H,3-4,10-25,27H2,1-2H3,(H,44,49);2*(H,6,7). The second-order valence-electron chi connectivity index (χ2n) is 15.9. The molecule has 1 aromatic heterocycles. The van der Waals surface area contributed by atoms with Gasteiger partial charge in [-0.3, -0.25) is 19.3 Å². The number of phenolic OH excluding ortho intramolecular Hbond substituents is 1. The predicted octanol–water partition coefficient (Wildman–Crippen LogP) is 5.80. The van der Waals surface area contributed by atoms with Crippen molar-refractivity contribution in [3.8, 4) is 11.5 Å². The number of carbonyl (C=O) groups excluding carboxylic acids is 3. The van der Waals surface area contributed by atoms with Crippen LogP contribution in [-0.4, -0.2) is 161 Å². The Labute approximate surface area is 402 Å². The maximum absolute atomic E-state index is 13.2. The highest BCUT2D eigenvalue weighted by molar-refractivity contribution is 7.09. The van der Waals surface area contributed by atoms with Crippen molar-refractivity contribution in [2.24, 2.45) is 0 Å². The fourth-order valence-electron chi connectivity index (χ4n) is 7.40. The summed E-state index contributed by atoms with van der Waals surface area (Å²) in [6.07, 6.45) is -6.02. The summed E-state index contributed by atoms with van der Waals surface area (Å²) in [5.74, 6) is -5.27. The summed E-state index contributed by atoms with van der Waals surface area (Å²) in [7, 11) is 0. The molecular weight excluding hydrogens is 970 g/mol. The number of nitrogens with one attached hydrogen (secondary N) is 2. The van der Waals surface area contributed by atoms with E-state index in [0.29, 0.717) is 95.5 Å². The van der Waals surface area contributed by atoms with Crippen LogP contribution < -0.4 is 15.4 Å². The minimum Gasteiger partial charge on any atom is -0.506 e. The number of halogens is 7. The largest absolute Gasteiger partial charge is 0.506 e. The lowest BCUT2D eigenvalue weighted by atomic mass is 9.89. The van der Waals surface area contributed by atoms with Crippen molar-refractivity contribution in [3.63, 3.8) is 0 Å². The Morgan fingerprint density at radius 3 is 2.25 bits per heavy atom. The van der Waals surface area contributed by atoms with Gasteiger partial charge in [-0.05, 0) is 68.3 Å². The molecule has 2 saturated heterocycles. The van der Waals surface area contributed by atoms with E-state index < -0.39 is 24.3 Å². The van der Waals surface area contributed by atoms with Gasteiger partial charge in [0.1, 0.15) is 17.1 Å². The number of amides is 3. The number of aryl methyl sites for hydroxylation is 1. The Kier molecular flexibility index (Phi) is 21.3. The van der Waals surface area contributed by atoms with Crippen molar-refractivity contribution in [3.05, 3.63) is 68.1 Å². The van der Waals surface area contributed by atoms with Crippen molar-refractivity contribution in [2.45, 2.75) is 76.9 Å². The quantitative estimate of drug-likeness (QED) is 0.0614.